The van der Waals surface area contributed by atoms with Gasteiger partial charge in [-0.1, -0.05) is 26.8 Å². The number of fused-ring (bicyclic) bond motifs is 1. The largest absolute Gasteiger partial charge is 0.497 e. The van der Waals surface area contributed by atoms with Gasteiger partial charge in [-0.2, -0.15) is 0 Å². The normalized spacial score (nSPS) is 13.5. The maximum absolute atomic E-state index is 7.01. The van der Waals surface area contributed by atoms with Gasteiger partial charge in [0, 0.05) is 11.8 Å². The van der Waals surface area contributed by atoms with E-state index in [1.54, 1.807) is 14.2 Å². The first kappa shape index (κ1) is 21.4. The van der Waals surface area contributed by atoms with Crippen LogP contribution in [0.5, 0.6) is 11.5 Å². The third kappa shape index (κ3) is 4.05. The Bertz CT molecular complexity index is 1010. The summed E-state index contributed by atoms with van der Waals surface area (Å²) in [7, 11) is 1.25. The minimum absolute atomic E-state index is 0.0613. The first-order valence-corrected chi connectivity index (χ1v) is 12.8. The van der Waals surface area contributed by atoms with Gasteiger partial charge in [0.1, 0.15) is 23.3 Å². The lowest BCUT2D eigenvalue weighted by Crippen LogP contribution is -2.42. The van der Waals surface area contributed by atoms with Crippen LogP contribution < -0.4 is 9.47 Å². The summed E-state index contributed by atoms with van der Waals surface area (Å²) in [6.07, 6.45) is 1.72. The molecule has 0 saturated heterocycles. The highest BCUT2D eigenvalue weighted by Crippen LogP contribution is 2.44. The summed E-state index contributed by atoms with van der Waals surface area (Å²) in [5, 5.41) is 0.0613. The number of ether oxygens (including phenoxy) is 2. The minimum Gasteiger partial charge on any atom is -0.497 e. The van der Waals surface area contributed by atoms with Crippen LogP contribution >= 0.6 is 0 Å². The number of hydrogen-bond acceptors (Lipinski definition) is 4. The maximum Gasteiger partial charge on any atom is 0.193 e. The first-order valence-electron chi connectivity index (χ1n) is 9.92. The van der Waals surface area contributed by atoms with E-state index in [9.17, 15) is 0 Å². The zero-order valence-electron chi connectivity index (χ0n) is 18.7. The van der Waals surface area contributed by atoms with Gasteiger partial charge in [0.15, 0.2) is 8.32 Å². The van der Waals surface area contributed by atoms with E-state index in [0.29, 0.717) is 0 Å². The monoisotopic (exact) mass is 412 g/mol. The summed E-state index contributed by atoms with van der Waals surface area (Å²) >= 11 is 0. The molecule has 0 N–H and O–H groups in total. The second-order valence-corrected chi connectivity index (χ2v) is 13.6. The van der Waals surface area contributed by atoms with E-state index in [1.807, 2.05) is 49.5 Å². The average Bonchev–Trinajstić information content (AvgIpc) is 3.00. The maximum atomic E-state index is 7.01. The molecule has 156 valence electrons. The van der Waals surface area contributed by atoms with Crippen molar-refractivity contribution in [1.29, 1.82) is 0 Å². The van der Waals surface area contributed by atoms with Crippen molar-refractivity contribution in [2.75, 3.05) is 14.2 Å². The molecular weight excluding hydrogens is 380 g/mol. The smallest absolute Gasteiger partial charge is 0.193 e. The Morgan fingerprint density at radius 2 is 1.76 bits per heavy atom. The van der Waals surface area contributed by atoms with Crippen LogP contribution in [-0.2, 0) is 4.43 Å². The SMILES string of the molecule is COc1ccc(OC)c(C(O[Si](C)(C)C(C)(C)C)c2c(C)nc3ccccn23)c1. The van der Waals surface area contributed by atoms with E-state index in [4.69, 9.17) is 18.9 Å². The highest BCUT2D eigenvalue weighted by molar-refractivity contribution is 6.74. The standard InChI is InChI=1S/C23H32N2O3Si/c1-16-21(25-14-10-9-11-20(25)24-16)22(28-29(7,8)23(2,3)4)18-15-17(26-5)12-13-19(18)27-6/h9-15,22H,1-8H3. The fraction of sp³-hybridized carbons (Fsp3) is 0.435. The summed E-state index contributed by atoms with van der Waals surface area (Å²) in [6.45, 7) is 13.3. The number of imidazole rings is 1. The summed E-state index contributed by atoms with van der Waals surface area (Å²) in [5.41, 5.74) is 3.83. The van der Waals surface area contributed by atoms with Crippen molar-refractivity contribution in [2.45, 2.75) is 51.9 Å². The molecule has 1 atom stereocenters. The topological polar surface area (TPSA) is 45.0 Å². The minimum atomic E-state index is -2.12. The van der Waals surface area contributed by atoms with Crippen molar-refractivity contribution in [2.24, 2.45) is 0 Å². The van der Waals surface area contributed by atoms with Gasteiger partial charge in [-0.25, -0.2) is 4.98 Å². The van der Waals surface area contributed by atoms with E-state index in [1.165, 1.54) is 0 Å². The van der Waals surface area contributed by atoms with Crippen molar-refractivity contribution in [1.82, 2.24) is 9.38 Å². The Labute approximate surface area is 174 Å². The van der Waals surface area contributed by atoms with Gasteiger partial charge < -0.3 is 18.3 Å². The van der Waals surface area contributed by atoms with Crippen molar-refractivity contribution in [3.63, 3.8) is 0 Å². The number of rotatable bonds is 6. The van der Waals surface area contributed by atoms with Crippen LogP contribution in [0.25, 0.3) is 5.65 Å². The Morgan fingerprint density at radius 3 is 2.38 bits per heavy atom. The number of methoxy groups -OCH3 is 2. The van der Waals surface area contributed by atoms with Crippen LogP contribution in [-0.4, -0.2) is 31.9 Å². The molecule has 0 spiro atoms. The van der Waals surface area contributed by atoms with Crippen molar-refractivity contribution in [3.05, 3.63) is 59.5 Å². The van der Waals surface area contributed by atoms with Crippen molar-refractivity contribution >= 4 is 14.0 Å². The molecule has 3 aromatic rings. The summed E-state index contributed by atoms with van der Waals surface area (Å²) in [6, 6.07) is 11.9. The van der Waals surface area contributed by atoms with Gasteiger partial charge in [0.25, 0.3) is 0 Å². The number of benzene rings is 1. The molecule has 2 aromatic heterocycles. The van der Waals surface area contributed by atoms with Crippen LogP contribution in [0.1, 0.15) is 43.8 Å². The molecule has 0 aliphatic carbocycles. The molecule has 6 heteroatoms. The Balaban J connectivity index is 2.27. The Hall–Kier alpha value is -2.31. The molecule has 0 radical (unpaired) electrons. The molecule has 5 nitrogen and oxygen atoms in total. The fourth-order valence-corrected chi connectivity index (χ4v) is 4.41. The van der Waals surface area contributed by atoms with Crippen molar-refractivity contribution in [3.8, 4) is 11.5 Å². The van der Waals surface area contributed by atoms with E-state index in [-0.39, 0.29) is 11.1 Å². The molecule has 0 aliphatic heterocycles. The molecule has 0 aliphatic rings. The third-order valence-electron chi connectivity index (χ3n) is 5.94. The molecule has 0 saturated carbocycles. The first-order chi connectivity index (χ1) is 13.6. The van der Waals surface area contributed by atoms with E-state index >= 15 is 0 Å². The Kier molecular flexibility index (Phi) is 5.78. The quantitative estimate of drug-likeness (QED) is 0.482. The predicted molar refractivity (Wildman–Crippen MR) is 120 cm³/mol. The van der Waals surface area contributed by atoms with Gasteiger partial charge in [0.05, 0.1) is 25.6 Å². The predicted octanol–water partition coefficient (Wildman–Crippen LogP) is 5.77. The summed E-state index contributed by atoms with van der Waals surface area (Å²) in [5.74, 6) is 1.55. The number of aromatic nitrogens is 2. The van der Waals surface area contributed by atoms with Gasteiger partial charge in [0.2, 0.25) is 0 Å². The summed E-state index contributed by atoms with van der Waals surface area (Å²) in [4.78, 5) is 4.78. The number of nitrogens with zero attached hydrogens (tertiary/aromatic N) is 2. The second kappa shape index (κ2) is 7.84. The lowest BCUT2D eigenvalue weighted by Gasteiger charge is -2.39. The molecule has 0 fully saturated rings. The third-order valence-corrected chi connectivity index (χ3v) is 10.4. The Morgan fingerprint density at radius 1 is 1.03 bits per heavy atom. The molecule has 2 heterocycles. The molecule has 1 aromatic carbocycles. The van der Waals surface area contributed by atoms with Gasteiger partial charge in [-0.15, -0.1) is 0 Å². The van der Waals surface area contributed by atoms with E-state index in [0.717, 1.165) is 34.1 Å². The zero-order chi connectivity index (χ0) is 21.4. The lowest BCUT2D eigenvalue weighted by atomic mass is 10.0. The van der Waals surface area contributed by atoms with Gasteiger partial charge >= 0.3 is 0 Å². The van der Waals surface area contributed by atoms with Crippen LogP contribution in [0, 0.1) is 6.92 Å². The fourth-order valence-electron chi connectivity index (χ4n) is 3.23. The molecule has 3 rings (SSSR count). The van der Waals surface area contributed by atoms with Crippen LogP contribution in [0.15, 0.2) is 42.6 Å². The molecule has 29 heavy (non-hydrogen) atoms. The zero-order valence-corrected chi connectivity index (χ0v) is 19.7. The lowest BCUT2D eigenvalue weighted by molar-refractivity contribution is 0.210. The van der Waals surface area contributed by atoms with E-state index < -0.39 is 8.32 Å². The van der Waals surface area contributed by atoms with Gasteiger partial charge in [-0.3, -0.25) is 0 Å². The van der Waals surface area contributed by atoms with Crippen LogP contribution in [0.2, 0.25) is 18.1 Å². The molecule has 0 bridgehead atoms. The van der Waals surface area contributed by atoms with Crippen LogP contribution in [0.3, 0.4) is 0 Å². The molecule has 1 unspecified atom stereocenters. The average molecular weight is 413 g/mol. The highest BCUT2D eigenvalue weighted by atomic mass is 28.4. The number of aryl methyl sites for hydroxylation is 1. The molecule has 0 amide bonds. The molecular formula is C23H32N2O3Si. The van der Waals surface area contributed by atoms with Crippen molar-refractivity contribution < 1.29 is 13.9 Å². The summed E-state index contributed by atoms with van der Waals surface area (Å²) < 4.78 is 20.4. The van der Waals surface area contributed by atoms with E-state index in [2.05, 4.69) is 38.3 Å². The number of pyridine rings is 1. The van der Waals surface area contributed by atoms with Crippen LogP contribution in [0.4, 0.5) is 0 Å². The second-order valence-electron chi connectivity index (χ2n) is 8.88. The number of hydrogen-bond donors (Lipinski definition) is 0. The van der Waals surface area contributed by atoms with Gasteiger partial charge in [-0.05, 0) is 55.4 Å². The highest BCUT2D eigenvalue weighted by Gasteiger charge is 2.41.